The van der Waals surface area contributed by atoms with Crippen molar-refractivity contribution < 1.29 is 4.92 Å². The molecule has 8 heteroatoms. The number of nitro groups is 1. The molecule has 2 aromatic rings. The number of non-ortho nitro benzene ring substituents is 1. The molecule has 7 nitrogen and oxygen atoms in total. The van der Waals surface area contributed by atoms with Gasteiger partial charge < -0.3 is 0 Å². The van der Waals surface area contributed by atoms with Crippen molar-refractivity contribution in [3.63, 3.8) is 0 Å². The molecule has 0 radical (unpaired) electrons. The number of nitro benzene ring substituents is 1. The highest BCUT2D eigenvalue weighted by Crippen LogP contribution is 2.45. The van der Waals surface area contributed by atoms with Crippen molar-refractivity contribution in [1.29, 1.82) is 0 Å². The lowest BCUT2D eigenvalue weighted by atomic mass is 9.95. The number of aliphatic imine (C=N–C) groups is 1. The van der Waals surface area contributed by atoms with Crippen LogP contribution in [0, 0.1) is 10.1 Å². The van der Waals surface area contributed by atoms with Gasteiger partial charge in [-0.2, -0.15) is 0 Å². The molecule has 0 spiro atoms. The molecule has 1 atom stereocenters. The number of rotatable bonds is 3. The molecule has 0 saturated heterocycles. The maximum atomic E-state index is 12.7. The molecule has 1 aromatic carbocycles. The molecule has 1 aliphatic carbocycles. The minimum absolute atomic E-state index is 0.0499. The van der Waals surface area contributed by atoms with Crippen LogP contribution in [0.4, 0.5) is 11.5 Å². The van der Waals surface area contributed by atoms with Gasteiger partial charge in [-0.25, -0.2) is 4.99 Å². The first-order valence-electron chi connectivity index (χ1n) is 8.85. The standard InChI is InChI=1S/C18H20N4O3S/c1-11-19-17-15(18(23)20-21(17)13-5-3-2-4-6-13)16(26-11)12-7-9-14(10-8-12)22(24)25/h7-10,13,16H,2-6H2,1H3,(H,20,23). The Bertz CT molecular complexity index is 923. The Morgan fingerprint density at radius 1 is 1.23 bits per heavy atom. The van der Waals surface area contributed by atoms with Crippen LogP contribution in [0.5, 0.6) is 0 Å². The maximum absolute atomic E-state index is 12.7. The van der Waals surface area contributed by atoms with Gasteiger partial charge in [0.2, 0.25) is 0 Å². The Morgan fingerprint density at radius 2 is 1.92 bits per heavy atom. The summed E-state index contributed by atoms with van der Waals surface area (Å²) in [4.78, 5) is 27.9. The monoisotopic (exact) mass is 372 g/mol. The van der Waals surface area contributed by atoms with Crippen LogP contribution in [0.1, 0.15) is 61.4 Å². The van der Waals surface area contributed by atoms with Gasteiger partial charge in [0.15, 0.2) is 5.82 Å². The predicted octanol–water partition coefficient (Wildman–Crippen LogP) is 4.48. The first-order valence-corrected chi connectivity index (χ1v) is 9.73. The highest BCUT2D eigenvalue weighted by Gasteiger charge is 2.32. The second-order valence-corrected chi connectivity index (χ2v) is 8.12. The number of hydrogen-bond acceptors (Lipinski definition) is 5. The van der Waals surface area contributed by atoms with Gasteiger partial charge in [-0.05, 0) is 25.3 Å². The number of fused-ring (bicyclic) bond motifs is 1. The van der Waals surface area contributed by atoms with Gasteiger partial charge in [-0.1, -0.05) is 43.2 Å². The summed E-state index contributed by atoms with van der Waals surface area (Å²) in [5, 5.41) is 14.6. The first-order chi connectivity index (χ1) is 12.5. The summed E-state index contributed by atoms with van der Waals surface area (Å²) in [5.74, 6) is 0.724. The lowest BCUT2D eigenvalue weighted by molar-refractivity contribution is -0.384. The highest BCUT2D eigenvalue weighted by molar-refractivity contribution is 8.14. The molecule has 1 aliphatic heterocycles. The van der Waals surface area contributed by atoms with Crippen molar-refractivity contribution in [2.24, 2.45) is 4.99 Å². The van der Waals surface area contributed by atoms with Gasteiger partial charge in [0.05, 0.1) is 26.8 Å². The lowest BCUT2D eigenvalue weighted by Crippen LogP contribution is -2.16. The number of nitrogens with zero attached hydrogens (tertiary/aromatic N) is 3. The van der Waals surface area contributed by atoms with Crippen LogP contribution in [0.25, 0.3) is 0 Å². The van der Waals surface area contributed by atoms with E-state index in [0.717, 1.165) is 29.3 Å². The van der Waals surface area contributed by atoms with E-state index in [2.05, 4.69) is 10.1 Å². The Kier molecular flexibility index (Phi) is 4.44. The SMILES string of the molecule is CC1=Nc2c(c(=O)[nH]n2C2CCCCC2)C(c2ccc([N+](=O)[O-])cc2)S1. The number of aromatic nitrogens is 2. The number of H-pyrrole nitrogens is 1. The van der Waals surface area contributed by atoms with Gasteiger partial charge in [-0.3, -0.25) is 24.7 Å². The maximum Gasteiger partial charge on any atom is 0.271 e. The van der Waals surface area contributed by atoms with Crippen LogP contribution in [0.2, 0.25) is 0 Å². The number of thioether (sulfide) groups is 1. The molecule has 26 heavy (non-hydrogen) atoms. The third-order valence-corrected chi connectivity index (χ3v) is 6.27. The quantitative estimate of drug-likeness (QED) is 0.635. The van der Waals surface area contributed by atoms with Gasteiger partial charge >= 0.3 is 0 Å². The van der Waals surface area contributed by atoms with Crippen LogP contribution >= 0.6 is 11.8 Å². The van der Waals surface area contributed by atoms with Crippen LogP contribution < -0.4 is 5.56 Å². The summed E-state index contributed by atoms with van der Waals surface area (Å²) >= 11 is 1.52. The molecule has 2 aliphatic rings. The molecule has 1 unspecified atom stereocenters. The number of hydrogen-bond donors (Lipinski definition) is 1. The van der Waals surface area contributed by atoms with Crippen LogP contribution in [0.15, 0.2) is 34.1 Å². The van der Waals surface area contributed by atoms with Crippen LogP contribution in [-0.2, 0) is 0 Å². The summed E-state index contributed by atoms with van der Waals surface area (Å²) < 4.78 is 1.96. The number of nitrogens with one attached hydrogen (secondary N) is 1. The molecule has 136 valence electrons. The average Bonchev–Trinajstić information content (AvgIpc) is 2.98. The van der Waals surface area contributed by atoms with Crippen molar-refractivity contribution >= 4 is 28.3 Å². The molecule has 1 aromatic heterocycles. The number of aromatic amines is 1. The third kappa shape index (κ3) is 2.98. The first kappa shape index (κ1) is 17.1. The fourth-order valence-corrected chi connectivity index (χ4v) is 4.92. The topological polar surface area (TPSA) is 93.3 Å². The van der Waals surface area contributed by atoms with Gasteiger partial charge in [-0.15, -0.1) is 0 Å². The minimum Gasteiger partial charge on any atom is -0.268 e. The zero-order valence-electron chi connectivity index (χ0n) is 14.5. The molecule has 4 rings (SSSR count). The van der Waals surface area contributed by atoms with E-state index in [1.54, 1.807) is 12.1 Å². The van der Waals surface area contributed by atoms with E-state index >= 15 is 0 Å². The predicted molar refractivity (Wildman–Crippen MR) is 102 cm³/mol. The lowest BCUT2D eigenvalue weighted by Gasteiger charge is -2.26. The minimum atomic E-state index is -0.414. The largest absolute Gasteiger partial charge is 0.271 e. The fraction of sp³-hybridized carbons (Fsp3) is 0.444. The van der Waals surface area contributed by atoms with Crippen LogP contribution in [0.3, 0.4) is 0 Å². The third-order valence-electron chi connectivity index (χ3n) is 5.10. The van der Waals surface area contributed by atoms with E-state index in [1.807, 2.05) is 11.6 Å². The smallest absolute Gasteiger partial charge is 0.268 e. The molecule has 1 saturated carbocycles. The second kappa shape index (κ2) is 6.75. The summed E-state index contributed by atoms with van der Waals surface area (Å²) in [6.07, 6.45) is 5.70. The highest BCUT2D eigenvalue weighted by atomic mass is 32.2. The van der Waals surface area contributed by atoms with E-state index in [9.17, 15) is 14.9 Å². The fourth-order valence-electron chi connectivity index (χ4n) is 3.82. The van der Waals surface area contributed by atoms with Gasteiger partial charge in [0.1, 0.15) is 0 Å². The van der Waals surface area contributed by atoms with E-state index in [0.29, 0.717) is 5.56 Å². The molecular formula is C18H20N4O3S. The molecule has 0 amide bonds. The van der Waals surface area contributed by atoms with Crippen molar-refractivity contribution in [1.82, 2.24) is 9.78 Å². The van der Waals surface area contributed by atoms with Crippen molar-refractivity contribution in [3.05, 3.63) is 55.9 Å². The van der Waals surface area contributed by atoms with Gasteiger partial charge in [0, 0.05) is 12.1 Å². The summed E-state index contributed by atoms with van der Waals surface area (Å²) in [6, 6.07) is 6.73. The molecule has 0 bridgehead atoms. The van der Waals surface area contributed by atoms with Crippen molar-refractivity contribution in [2.45, 2.75) is 50.3 Å². The summed E-state index contributed by atoms with van der Waals surface area (Å²) in [7, 11) is 0. The van der Waals surface area contributed by atoms with Crippen molar-refractivity contribution in [3.8, 4) is 0 Å². The van der Waals surface area contributed by atoms with E-state index in [1.165, 1.54) is 43.2 Å². The van der Waals surface area contributed by atoms with E-state index in [-0.39, 0.29) is 22.5 Å². The van der Waals surface area contributed by atoms with E-state index < -0.39 is 4.92 Å². The summed E-state index contributed by atoms with van der Waals surface area (Å²) in [6.45, 7) is 1.94. The zero-order valence-corrected chi connectivity index (χ0v) is 15.3. The normalized spacial score (nSPS) is 20.5. The molecule has 1 fully saturated rings. The number of benzene rings is 1. The Morgan fingerprint density at radius 3 is 2.58 bits per heavy atom. The van der Waals surface area contributed by atoms with Crippen molar-refractivity contribution in [2.75, 3.05) is 0 Å². The van der Waals surface area contributed by atoms with E-state index in [4.69, 9.17) is 0 Å². The Hall–Kier alpha value is -2.35. The zero-order chi connectivity index (χ0) is 18.3. The molecular weight excluding hydrogens is 352 g/mol. The van der Waals surface area contributed by atoms with Crippen LogP contribution in [-0.4, -0.2) is 19.7 Å². The van der Waals surface area contributed by atoms with Gasteiger partial charge in [0.25, 0.3) is 11.2 Å². The Labute approximate surface area is 154 Å². The summed E-state index contributed by atoms with van der Waals surface area (Å²) in [5.41, 5.74) is 1.47. The second-order valence-electron chi connectivity index (χ2n) is 6.82. The Balaban J connectivity index is 1.77. The molecule has 2 heterocycles. The average molecular weight is 372 g/mol. The molecule has 1 N–H and O–H groups in total.